The largest absolute Gasteiger partial charge is 0.496 e. The van der Waals surface area contributed by atoms with E-state index in [2.05, 4.69) is 30.1 Å². The molecule has 2 aromatic carbocycles. The molecule has 0 unspecified atom stereocenters. The summed E-state index contributed by atoms with van der Waals surface area (Å²) in [4.78, 5) is 15.3. The van der Waals surface area contributed by atoms with Gasteiger partial charge in [0.1, 0.15) is 5.75 Å². The van der Waals surface area contributed by atoms with Gasteiger partial charge in [0.2, 0.25) is 10.0 Å². The van der Waals surface area contributed by atoms with Crippen molar-refractivity contribution in [2.24, 2.45) is 0 Å². The van der Waals surface area contributed by atoms with E-state index in [9.17, 15) is 13.2 Å². The van der Waals surface area contributed by atoms with E-state index in [1.165, 1.54) is 10.4 Å². The van der Waals surface area contributed by atoms with E-state index in [1.807, 2.05) is 27.0 Å². The van der Waals surface area contributed by atoms with E-state index in [0.717, 1.165) is 22.4 Å². The number of nitrogens with zero attached hydrogens (tertiary/aromatic N) is 2. The Hall–Kier alpha value is -2.42. The van der Waals surface area contributed by atoms with Crippen LogP contribution in [0.15, 0.2) is 41.3 Å². The van der Waals surface area contributed by atoms with Gasteiger partial charge in [-0.2, -0.15) is 4.31 Å². The number of hydrogen-bond donors (Lipinski definition) is 1. The minimum Gasteiger partial charge on any atom is -0.496 e. The van der Waals surface area contributed by atoms with Crippen LogP contribution in [-0.4, -0.2) is 63.9 Å². The second kappa shape index (κ2) is 10.2. The first kappa shape index (κ1) is 25.2. The first-order valence-electron chi connectivity index (χ1n) is 11.3. The van der Waals surface area contributed by atoms with Crippen molar-refractivity contribution in [1.82, 2.24) is 14.5 Å². The molecule has 1 N–H and O–H groups in total. The van der Waals surface area contributed by atoms with E-state index in [0.29, 0.717) is 31.7 Å². The molecule has 8 heteroatoms. The Morgan fingerprint density at radius 3 is 2.30 bits per heavy atom. The molecular weight excluding hydrogens is 438 g/mol. The normalized spacial score (nSPS) is 16.6. The van der Waals surface area contributed by atoms with Crippen molar-refractivity contribution in [3.63, 3.8) is 0 Å². The van der Waals surface area contributed by atoms with Gasteiger partial charge in [0.25, 0.3) is 5.91 Å². The highest BCUT2D eigenvalue weighted by molar-refractivity contribution is 7.89. The summed E-state index contributed by atoms with van der Waals surface area (Å²) in [5.74, 6) is 0.810. The van der Waals surface area contributed by atoms with Crippen molar-refractivity contribution in [3.05, 3.63) is 58.7 Å². The number of rotatable bonds is 7. The van der Waals surface area contributed by atoms with Crippen LogP contribution in [0.2, 0.25) is 0 Å². The zero-order chi connectivity index (χ0) is 24.3. The molecule has 1 heterocycles. The SMILES string of the molecule is COc1cc(C)c([C@H](C)NC(=O)c2cccc(S(=O)(=O)N3CCN(C)CC3)c2)cc1C(C)C. The number of hydrogen-bond acceptors (Lipinski definition) is 5. The third kappa shape index (κ3) is 5.57. The molecule has 0 saturated carbocycles. The molecule has 0 radical (unpaired) electrons. The summed E-state index contributed by atoms with van der Waals surface area (Å²) >= 11 is 0. The van der Waals surface area contributed by atoms with Crippen molar-refractivity contribution in [1.29, 1.82) is 0 Å². The highest BCUT2D eigenvalue weighted by Gasteiger charge is 2.28. The highest BCUT2D eigenvalue weighted by Crippen LogP contribution is 2.32. The first-order chi connectivity index (χ1) is 15.5. The van der Waals surface area contributed by atoms with Crippen LogP contribution in [0.3, 0.4) is 0 Å². The Bertz CT molecular complexity index is 1110. The number of likely N-dealkylation sites (N-methyl/N-ethyl adjacent to an activating group) is 1. The number of ether oxygens (including phenoxy) is 1. The maximum atomic E-state index is 13.1. The van der Waals surface area contributed by atoms with E-state index >= 15 is 0 Å². The second-order valence-corrected chi connectivity index (χ2v) is 11.0. The van der Waals surface area contributed by atoms with Crippen LogP contribution in [0.4, 0.5) is 0 Å². The zero-order valence-electron chi connectivity index (χ0n) is 20.4. The number of amides is 1. The Kier molecular flexibility index (Phi) is 7.82. The molecule has 0 spiro atoms. The summed E-state index contributed by atoms with van der Waals surface area (Å²) in [6, 6.07) is 10.1. The number of carbonyl (C=O) groups is 1. The lowest BCUT2D eigenvalue weighted by Gasteiger charge is -2.31. The van der Waals surface area contributed by atoms with Gasteiger partial charge in [-0.3, -0.25) is 4.79 Å². The Morgan fingerprint density at radius 2 is 1.70 bits per heavy atom. The van der Waals surface area contributed by atoms with E-state index in [-0.39, 0.29) is 22.8 Å². The van der Waals surface area contributed by atoms with Gasteiger partial charge in [0, 0.05) is 31.7 Å². The number of benzene rings is 2. The Morgan fingerprint density at radius 1 is 1.03 bits per heavy atom. The molecule has 1 amide bonds. The van der Waals surface area contributed by atoms with Gasteiger partial charge in [-0.15, -0.1) is 0 Å². The molecule has 1 aliphatic heterocycles. The van der Waals surface area contributed by atoms with Crippen molar-refractivity contribution >= 4 is 15.9 Å². The number of nitrogens with one attached hydrogen (secondary N) is 1. The summed E-state index contributed by atoms with van der Waals surface area (Å²) in [7, 11) is -0.000568. The summed E-state index contributed by atoms with van der Waals surface area (Å²) in [6.45, 7) is 10.4. The zero-order valence-corrected chi connectivity index (χ0v) is 21.2. The lowest BCUT2D eigenvalue weighted by molar-refractivity contribution is 0.0939. The monoisotopic (exact) mass is 473 g/mol. The fraction of sp³-hybridized carbons (Fsp3) is 0.480. The standard InChI is InChI=1S/C25H35N3O4S/c1-17(2)22-16-23(18(3)14-24(22)32-6)19(4)26-25(29)20-8-7-9-21(15-20)33(30,31)28-12-10-27(5)11-13-28/h7-9,14-17,19H,10-13H2,1-6H3,(H,26,29)/t19-/m0/s1. The molecule has 33 heavy (non-hydrogen) atoms. The van der Waals surface area contributed by atoms with Crippen LogP contribution in [0, 0.1) is 6.92 Å². The molecule has 0 bridgehead atoms. The van der Waals surface area contributed by atoms with E-state index < -0.39 is 10.0 Å². The maximum absolute atomic E-state index is 13.1. The van der Waals surface area contributed by atoms with Crippen molar-refractivity contribution in [3.8, 4) is 5.75 Å². The van der Waals surface area contributed by atoms with Crippen LogP contribution in [-0.2, 0) is 10.0 Å². The van der Waals surface area contributed by atoms with Gasteiger partial charge >= 0.3 is 0 Å². The van der Waals surface area contributed by atoms with Crippen LogP contribution >= 0.6 is 0 Å². The number of methoxy groups -OCH3 is 1. The summed E-state index contributed by atoms with van der Waals surface area (Å²) in [5, 5.41) is 3.03. The molecule has 1 aliphatic rings. The van der Waals surface area contributed by atoms with Crippen molar-refractivity contribution < 1.29 is 17.9 Å². The molecule has 0 aliphatic carbocycles. The van der Waals surface area contributed by atoms with Gasteiger partial charge in [0.15, 0.2) is 0 Å². The topological polar surface area (TPSA) is 78.9 Å². The molecule has 2 aromatic rings. The molecule has 1 fully saturated rings. The second-order valence-electron chi connectivity index (χ2n) is 9.04. The molecule has 0 aromatic heterocycles. The van der Waals surface area contributed by atoms with Gasteiger partial charge in [0.05, 0.1) is 18.0 Å². The van der Waals surface area contributed by atoms with Crippen LogP contribution < -0.4 is 10.1 Å². The lowest BCUT2D eigenvalue weighted by atomic mass is 9.93. The van der Waals surface area contributed by atoms with E-state index in [1.54, 1.807) is 25.3 Å². The molecule has 1 saturated heterocycles. The van der Waals surface area contributed by atoms with Crippen LogP contribution in [0.5, 0.6) is 5.75 Å². The third-order valence-electron chi connectivity index (χ3n) is 6.25. The molecular formula is C25H35N3O4S. The van der Waals surface area contributed by atoms with Gasteiger partial charge < -0.3 is 15.0 Å². The first-order valence-corrected chi connectivity index (χ1v) is 12.8. The third-order valence-corrected chi connectivity index (χ3v) is 8.15. The summed E-state index contributed by atoms with van der Waals surface area (Å²) in [5.41, 5.74) is 3.44. The molecule has 180 valence electrons. The fourth-order valence-electron chi connectivity index (χ4n) is 4.14. The van der Waals surface area contributed by atoms with Gasteiger partial charge in [-0.1, -0.05) is 19.9 Å². The molecule has 7 nitrogen and oxygen atoms in total. The fourth-order valence-corrected chi connectivity index (χ4v) is 5.61. The number of carbonyl (C=O) groups excluding carboxylic acids is 1. The average Bonchev–Trinajstić information content (AvgIpc) is 2.78. The Labute approximate surface area is 197 Å². The maximum Gasteiger partial charge on any atom is 0.251 e. The summed E-state index contributed by atoms with van der Waals surface area (Å²) in [6.07, 6.45) is 0. The quantitative estimate of drug-likeness (QED) is 0.665. The predicted molar refractivity (Wildman–Crippen MR) is 130 cm³/mol. The predicted octanol–water partition coefficient (Wildman–Crippen LogP) is 3.55. The van der Waals surface area contributed by atoms with Crippen LogP contribution in [0.1, 0.15) is 59.8 Å². The highest BCUT2D eigenvalue weighted by atomic mass is 32.2. The Balaban J connectivity index is 1.81. The average molecular weight is 474 g/mol. The van der Waals surface area contributed by atoms with Crippen LogP contribution in [0.25, 0.3) is 0 Å². The molecule has 3 rings (SSSR count). The van der Waals surface area contributed by atoms with Gasteiger partial charge in [-0.25, -0.2) is 8.42 Å². The van der Waals surface area contributed by atoms with E-state index in [4.69, 9.17) is 4.74 Å². The van der Waals surface area contributed by atoms with Crippen molar-refractivity contribution in [2.75, 3.05) is 40.3 Å². The minimum absolute atomic E-state index is 0.148. The minimum atomic E-state index is -3.64. The summed E-state index contributed by atoms with van der Waals surface area (Å²) < 4.78 is 33.2. The lowest BCUT2D eigenvalue weighted by Crippen LogP contribution is -2.47. The van der Waals surface area contributed by atoms with Crippen molar-refractivity contribution in [2.45, 2.75) is 44.6 Å². The molecule has 1 atom stereocenters. The smallest absolute Gasteiger partial charge is 0.251 e. The number of sulfonamides is 1. The number of aryl methyl sites for hydroxylation is 1. The number of piperazine rings is 1. The van der Waals surface area contributed by atoms with Gasteiger partial charge in [-0.05, 0) is 73.8 Å².